The van der Waals surface area contributed by atoms with Crippen molar-refractivity contribution in [3.05, 3.63) is 0 Å². The molecule has 0 aliphatic carbocycles. The highest BCUT2D eigenvalue weighted by molar-refractivity contribution is 5.94. The monoisotopic (exact) mass is 1060 g/mol. The minimum Gasteiger partial charge on any atom is -0.480 e. The van der Waals surface area contributed by atoms with E-state index in [0.29, 0.717) is 110 Å². The molecule has 0 radical (unpaired) electrons. The highest BCUT2D eigenvalue weighted by Crippen LogP contribution is 2.16. The molecule has 0 fully saturated rings. The van der Waals surface area contributed by atoms with Gasteiger partial charge in [0.25, 0.3) is 0 Å². The van der Waals surface area contributed by atoms with Crippen LogP contribution in [0.25, 0.3) is 0 Å². The number of rotatable bonds is 55. The molecule has 0 saturated carbocycles. The van der Waals surface area contributed by atoms with Crippen molar-refractivity contribution in [1.29, 1.82) is 0 Å². The number of hydrogen-bond donors (Lipinski definition) is 9. The Kier molecular flexibility index (Phi) is 49.6. The topological polar surface area (TPSA) is 264 Å². The van der Waals surface area contributed by atoms with Gasteiger partial charge in [-0.3, -0.25) is 33.6 Å². The van der Waals surface area contributed by atoms with E-state index >= 15 is 0 Å². The Bertz CT molecular complexity index is 1450. The van der Waals surface area contributed by atoms with Crippen LogP contribution in [0, 0.1) is 0 Å². The third-order valence-electron chi connectivity index (χ3n) is 14.2. The molecule has 0 heterocycles. The molecule has 16 nitrogen and oxygen atoms in total. The van der Waals surface area contributed by atoms with Gasteiger partial charge in [0, 0.05) is 32.4 Å². The normalized spacial score (nSPS) is 12.8. The zero-order chi connectivity index (χ0) is 55.4. The van der Waals surface area contributed by atoms with E-state index in [2.05, 4.69) is 45.7 Å². The number of amides is 6. The summed E-state index contributed by atoms with van der Waals surface area (Å²) in [4.78, 5) is 90.7. The molecule has 0 saturated heterocycles. The van der Waals surface area contributed by atoms with Gasteiger partial charge in [-0.15, -0.1) is 0 Å². The molecule has 0 spiro atoms. The van der Waals surface area contributed by atoms with Crippen molar-refractivity contribution in [1.82, 2.24) is 31.9 Å². The van der Waals surface area contributed by atoms with Crippen molar-refractivity contribution >= 4 is 41.4 Å². The SMILES string of the molecule is CCCCCCCCCCCCCCCC(=O)NCCCC[C@H](NC(=O)CCCCCCCCCCCCCCC)C(=O)N[C@@H](CCCCN)C(=O)N[C@@H](CCCCN)C(=O)NCCCCCC(=O)N[C@@H](C)C(=O)O. The van der Waals surface area contributed by atoms with Gasteiger partial charge in [0.2, 0.25) is 35.4 Å². The number of aliphatic carboxylic acids is 1. The lowest BCUT2D eigenvalue weighted by molar-refractivity contribution is -0.141. The highest BCUT2D eigenvalue weighted by atomic mass is 16.4. The minimum absolute atomic E-state index is 0.0340. The molecular formula is C59H114N8O8. The Morgan fingerprint density at radius 1 is 0.347 bits per heavy atom. The molecule has 0 rings (SSSR count). The smallest absolute Gasteiger partial charge is 0.325 e. The maximum atomic E-state index is 14.1. The number of hydrogen-bond acceptors (Lipinski definition) is 9. The maximum absolute atomic E-state index is 14.1. The standard InChI is InChI=1S/C59H114N8O8/c1-4-6-8-10-12-14-16-18-20-22-24-26-29-42-53(68)62-47-38-34-41-51(65-55(70)44-30-27-25-23-21-19-17-15-13-11-9-7-5-2)57(72)67-52(40-33-36-46-61)58(73)66-50(39-32-35-45-60)56(71)63-48-37-28-31-43-54(69)64-49(3)59(74)75/h49-52H,4-48,60-61H2,1-3H3,(H,62,68)(H,63,71)(H,64,69)(H,65,70)(H,66,73)(H,67,72)(H,74,75)/t49-,50-,51-,52-/m0/s1. The summed E-state index contributed by atoms with van der Waals surface area (Å²) in [5.74, 6) is -2.96. The second-order valence-corrected chi connectivity index (χ2v) is 21.4. The first-order chi connectivity index (χ1) is 36.4. The van der Waals surface area contributed by atoms with Gasteiger partial charge in [-0.05, 0) is 103 Å². The van der Waals surface area contributed by atoms with Crippen molar-refractivity contribution in [2.45, 2.75) is 308 Å². The Labute approximate surface area is 456 Å². The fourth-order valence-electron chi connectivity index (χ4n) is 9.30. The van der Waals surface area contributed by atoms with E-state index in [9.17, 15) is 33.6 Å². The van der Waals surface area contributed by atoms with Crippen LogP contribution in [0.5, 0.6) is 0 Å². The summed E-state index contributed by atoms with van der Waals surface area (Å²) < 4.78 is 0. The molecule has 75 heavy (non-hydrogen) atoms. The van der Waals surface area contributed by atoms with Gasteiger partial charge in [0.05, 0.1) is 0 Å². The Balaban J connectivity index is 5.43. The van der Waals surface area contributed by atoms with Crippen molar-refractivity contribution < 1.29 is 38.7 Å². The van der Waals surface area contributed by atoms with E-state index in [1.54, 1.807) is 0 Å². The van der Waals surface area contributed by atoms with Gasteiger partial charge in [0.1, 0.15) is 24.2 Å². The number of carbonyl (C=O) groups excluding carboxylic acids is 6. The van der Waals surface area contributed by atoms with Gasteiger partial charge < -0.3 is 48.5 Å². The predicted molar refractivity (Wildman–Crippen MR) is 306 cm³/mol. The Morgan fingerprint density at radius 2 is 0.653 bits per heavy atom. The lowest BCUT2D eigenvalue weighted by atomic mass is 10.0. The van der Waals surface area contributed by atoms with E-state index in [0.717, 1.165) is 44.9 Å². The molecule has 438 valence electrons. The molecule has 16 heteroatoms. The van der Waals surface area contributed by atoms with Crippen LogP contribution < -0.4 is 43.4 Å². The van der Waals surface area contributed by atoms with E-state index < -0.39 is 42.0 Å². The molecule has 11 N–H and O–H groups in total. The lowest BCUT2D eigenvalue weighted by Gasteiger charge is -2.25. The molecule has 6 amide bonds. The summed E-state index contributed by atoms with van der Waals surface area (Å²) in [5, 5.41) is 26.2. The van der Waals surface area contributed by atoms with Gasteiger partial charge in [-0.25, -0.2) is 0 Å². The quantitative estimate of drug-likeness (QED) is 0.0260. The Hall–Kier alpha value is -3.79. The lowest BCUT2D eigenvalue weighted by Crippen LogP contribution is -2.56. The van der Waals surface area contributed by atoms with E-state index in [1.165, 1.54) is 129 Å². The van der Waals surface area contributed by atoms with E-state index in [-0.39, 0.29) is 36.5 Å². The summed E-state index contributed by atoms with van der Waals surface area (Å²) in [7, 11) is 0. The first-order valence-corrected chi connectivity index (χ1v) is 30.8. The zero-order valence-corrected chi connectivity index (χ0v) is 48.1. The number of nitrogens with two attached hydrogens (primary N) is 2. The van der Waals surface area contributed by atoms with Crippen LogP contribution >= 0.6 is 0 Å². The number of carbonyl (C=O) groups is 7. The fraction of sp³-hybridized carbons (Fsp3) is 0.881. The van der Waals surface area contributed by atoms with Crippen molar-refractivity contribution in [3.63, 3.8) is 0 Å². The molecule has 0 aliphatic rings. The molecule has 4 atom stereocenters. The molecule has 0 aromatic rings. The van der Waals surface area contributed by atoms with Gasteiger partial charge in [-0.1, -0.05) is 174 Å². The van der Waals surface area contributed by atoms with Gasteiger partial charge >= 0.3 is 5.97 Å². The van der Waals surface area contributed by atoms with Crippen LogP contribution in [0.4, 0.5) is 0 Å². The highest BCUT2D eigenvalue weighted by Gasteiger charge is 2.29. The first kappa shape index (κ1) is 71.2. The number of nitrogens with one attached hydrogen (secondary N) is 6. The average molecular weight is 1060 g/mol. The zero-order valence-electron chi connectivity index (χ0n) is 48.1. The summed E-state index contributed by atoms with van der Waals surface area (Å²) in [6.45, 7) is 7.53. The maximum Gasteiger partial charge on any atom is 0.325 e. The molecule has 0 aromatic heterocycles. The Morgan fingerprint density at radius 3 is 1.05 bits per heavy atom. The van der Waals surface area contributed by atoms with Crippen LogP contribution in [0.3, 0.4) is 0 Å². The molecular weight excluding hydrogens is 949 g/mol. The van der Waals surface area contributed by atoms with Crippen LogP contribution in [0.1, 0.15) is 284 Å². The van der Waals surface area contributed by atoms with Gasteiger partial charge in [0.15, 0.2) is 0 Å². The molecule has 0 bridgehead atoms. The second kappa shape index (κ2) is 52.3. The van der Waals surface area contributed by atoms with Crippen LogP contribution in [-0.4, -0.2) is 96.9 Å². The molecule has 0 aromatic carbocycles. The third-order valence-corrected chi connectivity index (χ3v) is 14.2. The largest absolute Gasteiger partial charge is 0.480 e. The van der Waals surface area contributed by atoms with E-state index in [4.69, 9.17) is 16.6 Å². The van der Waals surface area contributed by atoms with Crippen LogP contribution in [-0.2, 0) is 33.6 Å². The van der Waals surface area contributed by atoms with Crippen LogP contribution in [0.2, 0.25) is 0 Å². The van der Waals surface area contributed by atoms with Gasteiger partial charge in [-0.2, -0.15) is 0 Å². The van der Waals surface area contributed by atoms with E-state index in [1.807, 2.05) is 0 Å². The fourth-order valence-corrected chi connectivity index (χ4v) is 9.30. The number of carboxylic acid groups (broad SMARTS) is 1. The van der Waals surface area contributed by atoms with Crippen molar-refractivity contribution in [2.75, 3.05) is 26.2 Å². The minimum atomic E-state index is -1.11. The summed E-state index contributed by atoms with van der Waals surface area (Å²) in [6.07, 6.45) is 39.1. The molecule has 0 unspecified atom stereocenters. The average Bonchev–Trinajstić information content (AvgIpc) is 3.38. The number of unbranched alkanes of at least 4 members (excludes halogenated alkanes) is 29. The predicted octanol–water partition coefficient (Wildman–Crippen LogP) is 10.2. The van der Waals surface area contributed by atoms with Crippen LogP contribution in [0.15, 0.2) is 0 Å². The number of carboxylic acids is 1. The summed E-state index contributed by atoms with van der Waals surface area (Å²) >= 11 is 0. The van der Waals surface area contributed by atoms with Crippen molar-refractivity contribution in [3.8, 4) is 0 Å². The molecule has 0 aliphatic heterocycles. The van der Waals surface area contributed by atoms with Crippen molar-refractivity contribution in [2.24, 2.45) is 11.5 Å². The third kappa shape index (κ3) is 45.0. The first-order valence-electron chi connectivity index (χ1n) is 30.8. The summed E-state index contributed by atoms with van der Waals surface area (Å²) in [5.41, 5.74) is 11.6. The second-order valence-electron chi connectivity index (χ2n) is 21.4. The summed E-state index contributed by atoms with van der Waals surface area (Å²) in [6, 6.07) is -3.71.